The minimum Gasteiger partial charge on any atom is -0.480 e. The van der Waals surface area contributed by atoms with Crippen molar-refractivity contribution in [3.63, 3.8) is 0 Å². The van der Waals surface area contributed by atoms with Crippen LogP contribution in [0.4, 0.5) is 5.69 Å². The summed E-state index contributed by atoms with van der Waals surface area (Å²) in [4.78, 5) is 38.8. The van der Waals surface area contributed by atoms with E-state index in [1.165, 1.54) is 4.90 Å². The molecule has 1 aliphatic carbocycles. The third kappa shape index (κ3) is 3.75. The van der Waals surface area contributed by atoms with Crippen molar-refractivity contribution in [2.45, 2.75) is 43.6 Å². The smallest absolute Gasteiger partial charge is 0.326 e. The number of carbonyl (C=O) groups excluding carboxylic acids is 2. The molecule has 0 spiro atoms. The van der Waals surface area contributed by atoms with Crippen molar-refractivity contribution in [2.75, 3.05) is 11.9 Å². The zero-order valence-electron chi connectivity index (χ0n) is 16.1. The van der Waals surface area contributed by atoms with Crippen LogP contribution in [0.1, 0.15) is 48.0 Å². The first kappa shape index (κ1) is 19.2. The Hall–Kier alpha value is -3.15. The number of nitrogens with one attached hydrogen (secondary N) is 1. The van der Waals surface area contributed by atoms with Crippen molar-refractivity contribution >= 4 is 23.5 Å². The highest BCUT2D eigenvalue weighted by Crippen LogP contribution is 2.48. The molecule has 4 rings (SSSR count). The van der Waals surface area contributed by atoms with Crippen molar-refractivity contribution in [2.24, 2.45) is 0 Å². The lowest BCUT2D eigenvalue weighted by molar-refractivity contribution is -0.143. The van der Waals surface area contributed by atoms with Crippen LogP contribution in [0.25, 0.3) is 0 Å². The number of carbonyl (C=O) groups is 3. The highest BCUT2D eigenvalue weighted by Gasteiger charge is 2.51. The van der Waals surface area contributed by atoms with Gasteiger partial charge in [0.05, 0.1) is 5.41 Å². The normalized spacial score (nSPS) is 20.0. The van der Waals surface area contributed by atoms with Gasteiger partial charge in [-0.05, 0) is 55.9 Å². The zero-order chi connectivity index (χ0) is 20.4. The molecule has 6 nitrogen and oxygen atoms in total. The van der Waals surface area contributed by atoms with E-state index < -0.39 is 17.4 Å². The Kier molecular flexibility index (Phi) is 5.09. The molecule has 2 aliphatic rings. The maximum atomic E-state index is 12.9. The van der Waals surface area contributed by atoms with Gasteiger partial charge in [-0.15, -0.1) is 0 Å². The summed E-state index contributed by atoms with van der Waals surface area (Å²) in [5.74, 6) is -1.35. The minimum atomic E-state index is -0.971. The molecule has 2 aromatic rings. The Balaban J connectivity index is 1.51. The first-order chi connectivity index (χ1) is 14.0. The van der Waals surface area contributed by atoms with Crippen molar-refractivity contribution in [1.82, 2.24) is 4.90 Å². The van der Waals surface area contributed by atoms with Gasteiger partial charge in [-0.3, -0.25) is 9.59 Å². The van der Waals surface area contributed by atoms with Gasteiger partial charge in [0.1, 0.15) is 6.04 Å². The summed E-state index contributed by atoms with van der Waals surface area (Å²) in [5.41, 5.74) is 1.44. The third-order valence-electron chi connectivity index (χ3n) is 5.93. The second-order valence-electron chi connectivity index (χ2n) is 7.83. The number of aliphatic carboxylic acids is 1. The van der Waals surface area contributed by atoms with Crippen molar-refractivity contribution in [3.05, 3.63) is 65.7 Å². The standard InChI is InChI=1S/C23H24N2O4/c26-20(25-14-5-4-11-19(25)21(27)28)16-7-6-10-18(15-16)24-22(29)23(12-13-23)17-8-2-1-3-9-17/h1-3,6-10,15,19H,4-5,11-14H2,(H,24,29)(H,27,28). The predicted molar refractivity (Wildman–Crippen MR) is 109 cm³/mol. The number of likely N-dealkylation sites (tertiary alicyclic amines) is 1. The van der Waals surface area contributed by atoms with Gasteiger partial charge < -0.3 is 15.3 Å². The summed E-state index contributed by atoms with van der Waals surface area (Å²) < 4.78 is 0. The van der Waals surface area contributed by atoms with Crippen molar-refractivity contribution in [3.8, 4) is 0 Å². The average Bonchev–Trinajstić information content (AvgIpc) is 3.56. The lowest BCUT2D eigenvalue weighted by Crippen LogP contribution is -2.48. The van der Waals surface area contributed by atoms with Crippen LogP contribution in [0.15, 0.2) is 54.6 Å². The summed E-state index contributed by atoms with van der Waals surface area (Å²) in [6.07, 6.45) is 3.67. The quantitative estimate of drug-likeness (QED) is 0.816. The van der Waals surface area contributed by atoms with Crippen LogP contribution in [-0.4, -0.2) is 40.4 Å². The maximum Gasteiger partial charge on any atom is 0.326 e. The fraction of sp³-hybridized carbons (Fsp3) is 0.348. The number of hydrogen-bond donors (Lipinski definition) is 2. The number of amides is 2. The van der Waals surface area contributed by atoms with Gasteiger partial charge in [0.2, 0.25) is 5.91 Å². The topological polar surface area (TPSA) is 86.7 Å². The van der Waals surface area contributed by atoms with Crippen LogP contribution < -0.4 is 5.32 Å². The molecule has 0 radical (unpaired) electrons. The van der Waals surface area contributed by atoms with E-state index in [1.54, 1.807) is 24.3 Å². The first-order valence-corrected chi connectivity index (χ1v) is 10.0. The summed E-state index contributed by atoms with van der Waals surface area (Å²) >= 11 is 0. The second-order valence-corrected chi connectivity index (χ2v) is 7.83. The van der Waals surface area contributed by atoms with Gasteiger partial charge in [-0.1, -0.05) is 36.4 Å². The van der Waals surface area contributed by atoms with E-state index >= 15 is 0 Å². The minimum absolute atomic E-state index is 0.0744. The Morgan fingerprint density at radius 2 is 1.76 bits per heavy atom. The van der Waals surface area contributed by atoms with E-state index in [1.807, 2.05) is 30.3 Å². The molecule has 0 bridgehead atoms. The molecule has 2 amide bonds. The highest BCUT2D eigenvalue weighted by molar-refractivity contribution is 6.03. The Morgan fingerprint density at radius 3 is 2.45 bits per heavy atom. The molecular weight excluding hydrogens is 368 g/mol. The van der Waals surface area contributed by atoms with Crippen LogP contribution >= 0.6 is 0 Å². The molecule has 1 saturated heterocycles. The van der Waals surface area contributed by atoms with Gasteiger partial charge in [-0.2, -0.15) is 0 Å². The number of carboxylic acid groups (broad SMARTS) is 1. The number of carboxylic acids is 1. The molecule has 2 aromatic carbocycles. The van der Waals surface area contributed by atoms with E-state index in [0.29, 0.717) is 24.2 Å². The van der Waals surface area contributed by atoms with Crippen LogP contribution in [0, 0.1) is 0 Å². The second kappa shape index (κ2) is 7.70. The molecule has 6 heteroatoms. The van der Waals surface area contributed by atoms with Gasteiger partial charge in [0, 0.05) is 17.8 Å². The predicted octanol–water partition coefficient (Wildman–Crippen LogP) is 3.44. The number of benzene rings is 2. The van der Waals surface area contributed by atoms with Crippen molar-refractivity contribution < 1.29 is 19.5 Å². The van der Waals surface area contributed by atoms with E-state index in [0.717, 1.165) is 31.2 Å². The molecule has 1 atom stereocenters. The number of rotatable bonds is 5. The SMILES string of the molecule is O=C(O)C1CCCCN1C(=O)c1cccc(NC(=O)C2(c3ccccc3)CC2)c1. The molecular formula is C23H24N2O4. The number of anilines is 1. The highest BCUT2D eigenvalue weighted by atomic mass is 16.4. The van der Waals surface area contributed by atoms with Gasteiger partial charge in [0.15, 0.2) is 0 Å². The Bertz CT molecular complexity index is 937. The van der Waals surface area contributed by atoms with E-state index in [2.05, 4.69) is 5.32 Å². The zero-order valence-corrected chi connectivity index (χ0v) is 16.1. The largest absolute Gasteiger partial charge is 0.480 e. The molecule has 1 heterocycles. The number of piperidine rings is 1. The molecule has 2 N–H and O–H groups in total. The molecule has 29 heavy (non-hydrogen) atoms. The van der Waals surface area contributed by atoms with Crippen LogP contribution in [0.2, 0.25) is 0 Å². The fourth-order valence-electron chi connectivity index (χ4n) is 4.11. The van der Waals surface area contributed by atoms with E-state index in [4.69, 9.17) is 0 Å². The van der Waals surface area contributed by atoms with Gasteiger partial charge in [-0.25, -0.2) is 4.79 Å². The molecule has 1 saturated carbocycles. The van der Waals surface area contributed by atoms with Gasteiger partial charge >= 0.3 is 5.97 Å². The summed E-state index contributed by atoms with van der Waals surface area (Å²) in [6, 6.07) is 15.7. The molecule has 0 aromatic heterocycles. The monoisotopic (exact) mass is 392 g/mol. The fourth-order valence-corrected chi connectivity index (χ4v) is 4.11. The van der Waals surface area contributed by atoms with E-state index in [9.17, 15) is 19.5 Å². The molecule has 1 aliphatic heterocycles. The maximum absolute atomic E-state index is 12.9. The number of hydrogen-bond acceptors (Lipinski definition) is 3. The van der Waals surface area contributed by atoms with Crippen LogP contribution in [0.3, 0.4) is 0 Å². The lowest BCUT2D eigenvalue weighted by Gasteiger charge is -2.33. The Morgan fingerprint density at radius 1 is 1.00 bits per heavy atom. The summed E-state index contributed by atoms with van der Waals surface area (Å²) in [5, 5.41) is 12.4. The van der Waals surface area contributed by atoms with Gasteiger partial charge in [0.25, 0.3) is 5.91 Å². The van der Waals surface area contributed by atoms with Crippen molar-refractivity contribution in [1.29, 1.82) is 0 Å². The summed E-state index contributed by atoms with van der Waals surface area (Å²) in [7, 11) is 0. The molecule has 2 fully saturated rings. The van der Waals surface area contributed by atoms with Crippen LogP contribution in [-0.2, 0) is 15.0 Å². The Labute approximate surface area is 169 Å². The average molecular weight is 392 g/mol. The first-order valence-electron chi connectivity index (χ1n) is 10.0. The lowest BCUT2D eigenvalue weighted by atomic mass is 9.95. The van der Waals surface area contributed by atoms with Crippen LogP contribution in [0.5, 0.6) is 0 Å². The number of nitrogens with zero attached hydrogens (tertiary/aromatic N) is 1. The van der Waals surface area contributed by atoms with E-state index in [-0.39, 0.29) is 11.8 Å². The molecule has 1 unspecified atom stereocenters. The molecule has 150 valence electrons. The summed E-state index contributed by atoms with van der Waals surface area (Å²) in [6.45, 7) is 0.434. The third-order valence-corrected chi connectivity index (χ3v) is 5.93.